The molecular formula is C10H16N4O3. The van der Waals surface area contributed by atoms with Crippen molar-refractivity contribution in [3.05, 3.63) is 28.3 Å². The molecular weight excluding hydrogens is 224 g/mol. The maximum absolute atomic E-state index is 10.7. The molecule has 1 aromatic rings. The number of hydrogen-bond donors (Lipinski definition) is 4. The zero-order valence-corrected chi connectivity index (χ0v) is 9.51. The van der Waals surface area contributed by atoms with Crippen LogP contribution in [0.5, 0.6) is 0 Å². The number of rotatable bonds is 6. The van der Waals surface area contributed by atoms with Gasteiger partial charge in [-0.3, -0.25) is 16.0 Å². The van der Waals surface area contributed by atoms with E-state index in [1.54, 1.807) is 6.07 Å². The number of non-ortho nitro benzene ring substituents is 1. The lowest BCUT2D eigenvalue weighted by molar-refractivity contribution is -0.384. The molecule has 0 fully saturated rings. The average molecular weight is 240 g/mol. The van der Waals surface area contributed by atoms with Gasteiger partial charge in [-0.05, 0) is 12.0 Å². The number of anilines is 2. The minimum Gasteiger partial charge on any atom is -0.396 e. The van der Waals surface area contributed by atoms with Gasteiger partial charge in [-0.15, -0.1) is 0 Å². The van der Waals surface area contributed by atoms with Crippen molar-refractivity contribution in [2.24, 2.45) is 11.8 Å². The van der Waals surface area contributed by atoms with Gasteiger partial charge in [0.1, 0.15) is 0 Å². The van der Waals surface area contributed by atoms with Crippen molar-refractivity contribution in [3.8, 4) is 0 Å². The number of nitro groups is 1. The second-order valence-electron chi connectivity index (χ2n) is 3.84. The molecule has 0 saturated carbocycles. The van der Waals surface area contributed by atoms with Crippen LogP contribution < -0.4 is 16.6 Å². The van der Waals surface area contributed by atoms with Gasteiger partial charge >= 0.3 is 0 Å². The van der Waals surface area contributed by atoms with E-state index in [1.807, 2.05) is 6.92 Å². The van der Waals surface area contributed by atoms with E-state index in [0.29, 0.717) is 17.9 Å². The van der Waals surface area contributed by atoms with Crippen LogP contribution in [0.15, 0.2) is 18.2 Å². The van der Waals surface area contributed by atoms with Crippen molar-refractivity contribution in [2.45, 2.75) is 6.92 Å². The summed E-state index contributed by atoms with van der Waals surface area (Å²) in [5.41, 5.74) is 3.38. The van der Waals surface area contributed by atoms with E-state index in [0.717, 1.165) is 0 Å². The summed E-state index contributed by atoms with van der Waals surface area (Å²) in [6, 6.07) is 4.43. The van der Waals surface area contributed by atoms with Crippen LogP contribution in [-0.2, 0) is 0 Å². The van der Waals surface area contributed by atoms with Gasteiger partial charge in [-0.25, -0.2) is 0 Å². The number of nitrogens with one attached hydrogen (secondary N) is 2. The number of hydrogen-bond acceptors (Lipinski definition) is 6. The summed E-state index contributed by atoms with van der Waals surface area (Å²) in [4.78, 5) is 10.2. The molecule has 1 aromatic carbocycles. The number of hydrazine groups is 1. The van der Waals surface area contributed by atoms with Crippen LogP contribution in [0, 0.1) is 16.0 Å². The fraction of sp³-hybridized carbons (Fsp3) is 0.400. The molecule has 17 heavy (non-hydrogen) atoms. The van der Waals surface area contributed by atoms with Crippen LogP contribution >= 0.6 is 0 Å². The Morgan fingerprint density at radius 2 is 2.12 bits per heavy atom. The average Bonchev–Trinajstić information content (AvgIpc) is 2.35. The lowest BCUT2D eigenvalue weighted by atomic mass is 10.2. The molecule has 0 aromatic heterocycles. The van der Waals surface area contributed by atoms with Gasteiger partial charge in [-0.1, -0.05) is 6.92 Å². The highest BCUT2D eigenvalue weighted by Crippen LogP contribution is 2.23. The Morgan fingerprint density at radius 3 is 2.65 bits per heavy atom. The first kappa shape index (κ1) is 13.2. The van der Waals surface area contributed by atoms with Gasteiger partial charge in [0.15, 0.2) is 0 Å². The van der Waals surface area contributed by atoms with Gasteiger partial charge in [0.05, 0.1) is 10.6 Å². The van der Waals surface area contributed by atoms with Crippen LogP contribution in [0.2, 0.25) is 0 Å². The molecule has 1 rings (SSSR count). The molecule has 0 aliphatic rings. The summed E-state index contributed by atoms with van der Waals surface area (Å²) in [5.74, 6) is 5.30. The van der Waals surface area contributed by atoms with Gasteiger partial charge in [-0.2, -0.15) is 0 Å². The third-order valence-corrected chi connectivity index (χ3v) is 2.26. The summed E-state index contributed by atoms with van der Waals surface area (Å²) >= 11 is 0. The van der Waals surface area contributed by atoms with E-state index < -0.39 is 4.92 Å². The second kappa shape index (κ2) is 6.02. The van der Waals surface area contributed by atoms with Gasteiger partial charge in [0.2, 0.25) is 0 Å². The monoisotopic (exact) mass is 240 g/mol. The first-order valence-electron chi connectivity index (χ1n) is 5.17. The zero-order valence-electron chi connectivity index (χ0n) is 9.51. The van der Waals surface area contributed by atoms with E-state index in [9.17, 15) is 10.1 Å². The smallest absolute Gasteiger partial charge is 0.273 e. The fourth-order valence-electron chi connectivity index (χ4n) is 1.26. The molecule has 94 valence electrons. The molecule has 7 nitrogen and oxygen atoms in total. The lowest BCUT2D eigenvalue weighted by Crippen LogP contribution is -2.15. The Morgan fingerprint density at radius 1 is 1.47 bits per heavy atom. The van der Waals surface area contributed by atoms with Crippen molar-refractivity contribution in [1.82, 2.24) is 0 Å². The Labute approximate surface area is 98.7 Å². The molecule has 0 aliphatic carbocycles. The molecule has 1 unspecified atom stereocenters. The highest BCUT2D eigenvalue weighted by molar-refractivity contribution is 5.63. The van der Waals surface area contributed by atoms with Crippen LogP contribution in [0.25, 0.3) is 0 Å². The highest BCUT2D eigenvalue weighted by Gasteiger charge is 2.09. The van der Waals surface area contributed by atoms with Crippen molar-refractivity contribution < 1.29 is 10.0 Å². The number of benzene rings is 1. The molecule has 0 amide bonds. The predicted molar refractivity (Wildman–Crippen MR) is 65.6 cm³/mol. The fourth-order valence-corrected chi connectivity index (χ4v) is 1.26. The number of nitrogens with two attached hydrogens (primary N) is 1. The third kappa shape index (κ3) is 3.89. The standard InChI is InChI=1S/C10H16N4O3/c1-7(6-15)5-12-8-2-9(13-11)4-10(3-8)14(16)17/h2-4,7,12-13,15H,5-6,11H2,1H3. The molecule has 1 atom stereocenters. The molecule has 7 heteroatoms. The van der Waals surface area contributed by atoms with Crippen molar-refractivity contribution >= 4 is 17.1 Å². The minimum absolute atomic E-state index is 0.0420. The van der Waals surface area contributed by atoms with Crippen molar-refractivity contribution in [1.29, 1.82) is 0 Å². The van der Waals surface area contributed by atoms with Crippen LogP contribution in [0.4, 0.5) is 17.1 Å². The Kier molecular flexibility index (Phi) is 4.68. The summed E-state index contributed by atoms with van der Waals surface area (Å²) in [6.45, 7) is 2.46. The van der Waals surface area contributed by atoms with E-state index in [4.69, 9.17) is 10.9 Å². The Hall–Kier alpha value is -1.86. The van der Waals surface area contributed by atoms with E-state index >= 15 is 0 Å². The normalized spacial score (nSPS) is 11.9. The van der Waals surface area contributed by atoms with E-state index in [1.165, 1.54) is 12.1 Å². The number of nitro benzene ring substituents is 1. The summed E-state index contributed by atoms with van der Waals surface area (Å²) < 4.78 is 0. The number of aliphatic hydroxyl groups is 1. The van der Waals surface area contributed by atoms with Gasteiger partial charge < -0.3 is 15.8 Å². The number of nitrogens with zero attached hydrogens (tertiary/aromatic N) is 1. The van der Waals surface area contributed by atoms with Gasteiger partial charge in [0, 0.05) is 31.0 Å². The predicted octanol–water partition coefficient (Wildman–Crippen LogP) is 0.921. The van der Waals surface area contributed by atoms with E-state index in [-0.39, 0.29) is 18.2 Å². The molecule has 0 saturated heterocycles. The molecule has 0 aliphatic heterocycles. The second-order valence-corrected chi connectivity index (χ2v) is 3.84. The van der Waals surface area contributed by atoms with E-state index in [2.05, 4.69) is 10.7 Å². The molecule has 0 heterocycles. The van der Waals surface area contributed by atoms with Crippen molar-refractivity contribution in [2.75, 3.05) is 23.9 Å². The van der Waals surface area contributed by atoms with Crippen LogP contribution in [0.1, 0.15) is 6.92 Å². The maximum atomic E-state index is 10.7. The lowest BCUT2D eigenvalue weighted by Gasteiger charge is -2.11. The summed E-state index contributed by atoms with van der Waals surface area (Å²) in [5, 5.41) is 22.6. The first-order chi connectivity index (χ1) is 8.06. The molecule has 0 spiro atoms. The summed E-state index contributed by atoms with van der Waals surface area (Å²) in [7, 11) is 0. The van der Waals surface area contributed by atoms with Gasteiger partial charge in [0.25, 0.3) is 5.69 Å². The topological polar surface area (TPSA) is 113 Å². The van der Waals surface area contributed by atoms with Crippen LogP contribution in [0.3, 0.4) is 0 Å². The number of aliphatic hydroxyl groups excluding tert-OH is 1. The van der Waals surface area contributed by atoms with Crippen LogP contribution in [-0.4, -0.2) is 23.2 Å². The quantitative estimate of drug-likeness (QED) is 0.334. The Bertz CT molecular complexity index is 397. The minimum atomic E-state index is -0.485. The number of nitrogen functional groups attached to an aromatic ring is 1. The first-order valence-corrected chi connectivity index (χ1v) is 5.17. The van der Waals surface area contributed by atoms with Crippen molar-refractivity contribution in [3.63, 3.8) is 0 Å². The largest absolute Gasteiger partial charge is 0.396 e. The summed E-state index contributed by atoms with van der Waals surface area (Å²) in [6.07, 6.45) is 0. The zero-order chi connectivity index (χ0) is 12.8. The Balaban J connectivity index is 2.83. The third-order valence-electron chi connectivity index (χ3n) is 2.26. The molecule has 0 radical (unpaired) electrons. The SMILES string of the molecule is CC(CO)CNc1cc(NN)cc([N+](=O)[O-])c1. The highest BCUT2D eigenvalue weighted by atomic mass is 16.6. The molecule has 0 bridgehead atoms. The maximum Gasteiger partial charge on any atom is 0.273 e. The molecule has 5 N–H and O–H groups in total.